The first-order valence-corrected chi connectivity index (χ1v) is 11.6. The number of aromatic nitrogens is 3. The Labute approximate surface area is 172 Å². The highest BCUT2D eigenvalue weighted by Gasteiger charge is 2.35. The molecule has 0 unspecified atom stereocenters. The van der Waals surface area contributed by atoms with Crippen molar-refractivity contribution >= 4 is 15.7 Å². The van der Waals surface area contributed by atoms with E-state index in [0.717, 1.165) is 18.9 Å². The smallest absolute Gasteiger partial charge is 0.356 e. The van der Waals surface area contributed by atoms with Crippen molar-refractivity contribution in [2.24, 2.45) is 0 Å². The van der Waals surface area contributed by atoms with Gasteiger partial charge in [-0.2, -0.15) is 13.2 Å². The Morgan fingerprint density at radius 2 is 1.60 bits per heavy atom. The molecule has 2 aromatic rings. The third kappa shape index (κ3) is 4.72. The molecule has 162 valence electrons. The summed E-state index contributed by atoms with van der Waals surface area (Å²) in [4.78, 5) is 16.0. The minimum atomic E-state index is -4.57. The molecule has 0 aliphatic carbocycles. The van der Waals surface area contributed by atoms with Gasteiger partial charge in [0.15, 0.2) is 21.4 Å². The molecule has 4 heterocycles. The highest BCUT2D eigenvalue weighted by molar-refractivity contribution is 7.91. The van der Waals surface area contributed by atoms with Crippen LogP contribution in [0.25, 0.3) is 11.4 Å². The summed E-state index contributed by atoms with van der Waals surface area (Å²) in [5, 5.41) is 0. The van der Waals surface area contributed by atoms with E-state index >= 15 is 0 Å². The fourth-order valence-corrected chi connectivity index (χ4v) is 5.15. The molecule has 0 bridgehead atoms. The lowest BCUT2D eigenvalue weighted by Crippen LogP contribution is -2.50. The van der Waals surface area contributed by atoms with Crippen LogP contribution in [-0.2, 0) is 16.0 Å². The van der Waals surface area contributed by atoms with Gasteiger partial charge in [-0.1, -0.05) is 0 Å². The van der Waals surface area contributed by atoms with Gasteiger partial charge in [0.05, 0.1) is 11.5 Å². The molecule has 2 fully saturated rings. The average Bonchev–Trinajstić information content (AvgIpc) is 2.74. The molecule has 30 heavy (non-hydrogen) atoms. The number of pyridine rings is 1. The summed E-state index contributed by atoms with van der Waals surface area (Å²) in [6.07, 6.45) is -0.102. The molecular weight excluding hydrogens is 419 g/mol. The number of halogens is 3. The zero-order valence-corrected chi connectivity index (χ0v) is 17.0. The molecule has 2 saturated heterocycles. The van der Waals surface area contributed by atoms with E-state index in [9.17, 15) is 21.6 Å². The van der Waals surface area contributed by atoms with Gasteiger partial charge < -0.3 is 4.90 Å². The lowest BCUT2D eigenvalue weighted by molar-refractivity contribution is -0.141. The summed E-state index contributed by atoms with van der Waals surface area (Å²) >= 11 is 0. The highest BCUT2D eigenvalue weighted by atomic mass is 32.2. The molecule has 2 aromatic heterocycles. The minimum Gasteiger partial charge on any atom is -0.356 e. The molecular formula is C19H22F3N5O2S. The van der Waals surface area contributed by atoms with Crippen LogP contribution in [-0.4, -0.2) is 72.0 Å². The molecule has 0 saturated carbocycles. The average molecular weight is 441 g/mol. The predicted molar refractivity (Wildman–Crippen MR) is 106 cm³/mol. The second kappa shape index (κ2) is 8.10. The van der Waals surface area contributed by atoms with Gasteiger partial charge in [0.2, 0.25) is 0 Å². The molecule has 7 nitrogen and oxygen atoms in total. The predicted octanol–water partition coefficient (Wildman–Crippen LogP) is 2.26. The van der Waals surface area contributed by atoms with Crippen LogP contribution in [0, 0.1) is 0 Å². The van der Waals surface area contributed by atoms with Crippen LogP contribution in [0.15, 0.2) is 30.6 Å². The van der Waals surface area contributed by atoms with Crippen molar-refractivity contribution in [1.29, 1.82) is 0 Å². The van der Waals surface area contributed by atoms with E-state index in [1.807, 2.05) is 4.90 Å². The molecule has 0 radical (unpaired) electrons. The van der Waals surface area contributed by atoms with E-state index < -0.39 is 21.7 Å². The largest absolute Gasteiger partial charge is 0.433 e. The van der Waals surface area contributed by atoms with Gasteiger partial charge in [-0.3, -0.25) is 9.88 Å². The van der Waals surface area contributed by atoms with Crippen molar-refractivity contribution in [3.05, 3.63) is 36.3 Å². The summed E-state index contributed by atoms with van der Waals surface area (Å²) < 4.78 is 63.5. The first-order valence-electron chi connectivity index (χ1n) is 9.77. The second-order valence-corrected chi connectivity index (χ2v) is 9.88. The summed E-state index contributed by atoms with van der Waals surface area (Å²) in [5.41, 5.74) is -0.496. The monoisotopic (exact) mass is 441 g/mol. The minimum absolute atomic E-state index is 0.0191. The molecule has 2 aliphatic rings. The fraction of sp³-hybridized carbons (Fsp3) is 0.526. The Hall–Kier alpha value is -2.27. The SMILES string of the molecule is O=S1(=O)CCN(C2CCN(c3cc(C(F)(F)F)nc(-c4ccncc4)n3)CC2)CC1. The third-order valence-electron chi connectivity index (χ3n) is 5.63. The number of anilines is 1. The number of piperidine rings is 1. The maximum absolute atomic E-state index is 13.4. The standard InChI is InChI=1S/C19H22F3N5O2S/c20-19(21,22)16-13-17(25-18(24-16)14-1-5-23-6-2-14)27-7-3-15(4-8-27)26-9-11-30(28,29)12-10-26/h1-2,5-6,13,15H,3-4,7-12H2. The van der Waals surface area contributed by atoms with Gasteiger partial charge in [0.1, 0.15) is 5.82 Å². The Kier molecular flexibility index (Phi) is 5.67. The zero-order valence-electron chi connectivity index (χ0n) is 16.2. The molecule has 0 N–H and O–H groups in total. The van der Waals surface area contributed by atoms with Gasteiger partial charge in [0.25, 0.3) is 0 Å². The Balaban J connectivity index is 1.52. The maximum atomic E-state index is 13.4. The van der Waals surface area contributed by atoms with E-state index in [-0.39, 0.29) is 29.2 Å². The normalized spacial score (nSPS) is 21.0. The molecule has 0 spiro atoms. The first-order chi connectivity index (χ1) is 14.2. The summed E-state index contributed by atoms with van der Waals surface area (Å²) in [6.45, 7) is 2.14. The van der Waals surface area contributed by atoms with E-state index in [1.165, 1.54) is 12.4 Å². The molecule has 0 amide bonds. The third-order valence-corrected chi connectivity index (χ3v) is 7.23. The van der Waals surface area contributed by atoms with Crippen LogP contribution in [0.3, 0.4) is 0 Å². The van der Waals surface area contributed by atoms with E-state index in [0.29, 0.717) is 31.7 Å². The Morgan fingerprint density at radius 1 is 0.967 bits per heavy atom. The zero-order chi connectivity index (χ0) is 21.4. The van der Waals surface area contributed by atoms with Gasteiger partial charge >= 0.3 is 6.18 Å². The van der Waals surface area contributed by atoms with Crippen LogP contribution < -0.4 is 4.90 Å². The maximum Gasteiger partial charge on any atom is 0.433 e. The van der Waals surface area contributed by atoms with E-state index in [1.54, 1.807) is 12.1 Å². The number of hydrogen-bond acceptors (Lipinski definition) is 7. The molecule has 0 aromatic carbocycles. The summed E-state index contributed by atoms with van der Waals surface area (Å²) in [6, 6.07) is 4.39. The quantitative estimate of drug-likeness (QED) is 0.723. The Morgan fingerprint density at radius 3 is 2.20 bits per heavy atom. The van der Waals surface area contributed by atoms with Gasteiger partial charge in [-0.25, -0.2) is 18.4 Å². The van der Waals surface area contributed by atoms with Crippen molar-refractivity contribution < 1.29 is 21.6 Å². The first kappa shape index (κ1) is 21.0. The number of alkyl halides is 3. The number of rotatable bonds is 3. The van der Waals surface area contributed by atoms with Gasteiger partial charge in [0, 0.05) is 56.2 Å². The van der Waals surface area contributed by atoms with Crippen molar-refractivity contribution in [2.45, 2.75) is 25.1 Å². The molecule has 4 rings (SSSR count). The topological polar surface area (TPSA) is 79.3 Å². The van der Waals surface area contributed by atoms with Crippen molar-refractivity contribution in [2.75, 3.05) is 42.6 Å². The second-order valence-electron chi connectivity index (χ2n) is 7.57. The van der Waals surface area contributed by atoms with Crippen LogP contribution in [0.5, 0.6) is 0 Å². The van der Waals surface area contributed by atoms with Crippen LogP contribution >= 0.6 is 0 Å². The van der Waals surface area contributed by atoms with Crippen molar-refractivity contribution in [3.63, 3.8) is 0 Å². The van der Waals surface area contributed by atoms with Crippen molar-refractivity contribution in [3.8, 4) is 11.4 Å². The van der Waals surface area contributed by atoms with E-state index in [2.05, 4.69) is 19.9 Å². The van der Waals surface area contributed by atoms with Crippen molar-refractivity contribution in [1.82, 2.24) is 19.9 Å². The number of hydrogen-bond donors (Lipinski definition) is 0. The number of sulfone groups is 1. The molecule has 0 atom stereocenters. The lowest BCUT2D eigenvalue weighted by atomic mass is 10.0. The number of nitrogens with zero attached hydrogens (tertiary/aromatic N) is 5. The summed E-state index contributed by atoms with van der Waals surface area (Å²) in [7, 11) is -2.94. The summed E-state index contributed by atoms with van der Waals surface area (Å²) in [5.74, 6) is 0.613. The fourth-order valence-electron chi connectivity index (χ4n) is 3.92. The molecule has 2 aliphatic heterocycles. The van der Waals surface area contributed by atoms with Gasteiger partial charge in [-0.15, -0.1) is 0 Å². The van der Waals surface area contributed by atoms with Crippen LogP contribution in [0.2, 0.25) is 0 Å². The van der Waals surface area contributed by atoms with Crippen LogP contribution in [0.4, 0.5) is 19.0 Å². The highest BCUT2D eigenvalue weighted by Crippen LogP contribution is 2.32. The molecule has 11 heteroatoms. The van der Waals surface area contributed by atoms with Crippen LogP contribution in [0.1, 0.15) is 18.5 Å². The Bertz CT molecular complexity index is 979. The van der Waals surface area contributed by atoms with E-state index in [4.69, 9.17) is 0 Å². The lowest BCUT2D eigenvalue weighted by Gasteiger charge is -2.40. The van der Waals surface area contributed by atoms with Gasteiger partial charge in [-0.05, 0) is 25.0 Å².